The molecule has 1 rings (SSSR count). The maximum Gasteiger partial charge on any atom is 0.191 e. The minimum atomic E-state index is 0. The first-order valence-electron chi connectivity index (χ1n) is 6.92. The van der Waals surface area contributed by atoms with E-state index in [0.29, 0.717) is 12.5 Å². The zero-order valence-electron chi connectivity index (χ0n) is 12.5. The van der Waals surface area contributed by atoms with Crippen molar-refractivity contribution in [1.82, 2.24) is 10.6 Å². The van der Waals surface area contributed by atoms with Gasteiger partial charge in [0.05, 0.1) is 6.54 Å². The topological polar surface area (TPSA) is 56.7 Å². The highest BCUT2D eigenvalue weighted by atomic mass is 127. The molecule has 5 heteroatoms. The summed E-state index contributed by atoms with van der Waals surface area (Å²) in [6.07, 6.45) is 1.13. The zero-order valence-corrected chi connectivity index (χ0v) is 14.8. The maximum atomic E-state index is 9.23. The molecule has 3 N–H and O–H groups in total. The van der Waals surface area contributed by atoms with Crippen molar-refractivity contribution in [3.05, 3.63) is 29.8 Å². The molecular formula is C15H26IN3O. The Balaban J connectivity index is 0.00000361. The summed E-state index contributed by atoms with van der Waals surface area (Å²) in [5, 5.41) is 15.8. The van der Waals surface area contributed by atoms with Crippen LogP contribution in [0.15, 0.2) is 29.3 Å². The average Bonchev–Trinajstić information content (AvgIpc) is 2.37. The van der Waals surface area contributed by atoms with Crippen LogP contribution in [-0.4, -0.2) is 24.2 Å². The molecule has 0 heterocycles. The molecule has 0 aliphatic heterocycles. The van der Waals surface area contributed by atoms with Crippen molar-refractivity contribution >= 4 is 29.9 Å². The number of hydrogen-bond donors (Lipinski definition) is 3. The minimum absolute atomic E-state index is 0. The Bertz CT molecular complexity index is 391. The van der Waals surface area contributed by atoms with Crippen LogP contribution in [0.25, 0.3) is 0 Å². The SMILES string of the molecule is CCNC(=NCc1ccc(O)cc1)NCCC(C)C.I. The summed E-state index contributed by atoms with van der Waals surface area (Å²) in [5.74, 6) is 1.82. The summed E-state index contributed by atoms with van der Waals surface area (Å²) in [6, 6.07) is 7.14. The first-order valence-corrected chi connectivity index (χ1v) is 6.92. The van der Waals surface area contributed by atoms with Crippen molar-refractivity contribution in [2.75, 3.05) is 13.1 Å². The fraction of sp³-hybridized carbons (Fsp3) is 0.533. The number of aliphatic imine (C=N–C) groups is 1. The molecule has 1 aromatic rings. The van der Waals surface area contributed by atoms with Crippen LogP contribution < -0.4 is 10.6 Å². The number of guanidine groups is 1. The second-order valence-corrected chi connectivity index (χ2v) is 4.97. The molecule has 0 saturated carbocycles. The van der Waals surface area contributed by atoms with Gasteiger partial charge in [-0.25, -0.2) is 4.99 Å². The Kier molecular flexibility index (Phi) is 10.2. The molecule has 4 nitrogen and oxygen atoms in total. The largest absolute Gasteiger partial charge is 0.508 e. The Labute approximate surface area is 139 Å². The molecule has 0 fully saturated rings. The van der Waals surface area contributed by atoms with Gasteiger partial charge in [-0.05, 0) is 37.0 Å². The number of benzene rings is 1. The summed E-state index contributed by atoms with van der Waals surface area (Å²) >= 11 is 0. The molecule has 0 bridgehead atoms. The first kappa shape index (κ1) is 19.0. The number of phenols is 1. The maximum absolute atomic E-state index is 9.23. The van der Waals surface area contributed by atoms with E-state index in [2.05, 4.69) is 36.4 Å². The van der Waals surface area contributed by atoms with E-state index in [4.69, 9.17) is 0 Å². The summed E-state index contributed by atoms with van der Waals surface area (Å²) in [4.78, 5) is 4.52. The molecule has 0 aliphatic rings. The molecule has 20 heavy (non-hydrogen) atoms. The van der Waals surface area contributed by atoms with E-state index in [1.807, 2.05) is 12.1 Å². The predicted octanol–water partition coefficient (Wildman–Crippen LogP) is 3.11. The number of halogens is 1. The van der Waals surface area contributed by atoms with Crippen LogP contribution in [0.4, 0.5) is 0 Å². The number of nitrogens with zero attached hydrogens (tertiary/aromatic N) is 1. The molecule has 0 spiro atoms. The molecule has 0 aromatic heterocycles. The van der Waals surface area contributed by atoms with Crippen molar-refractivity contribution < 1.29 is 5.11 Å². The molecule has 0 unspecified atom stereocenters. The summed E-state index contributed by atoms with van der Waals surface area (Å²) in [6.45, 7) is 8.87. The van der Waals surface area contributed by atoms with Gasteiger partial charge in [0.25, 0.3) is 0 Å². The molecule has 1 aromatic carbocycles. The number of phenolic OH excluding ortho intramolecular Hbond substituents is 1. The lowest BCUT2D eigenvalue weighted by Gasteiger charge is -2.12. The van der Waals surface area contributed by atoms with E-state index in [1.165, 1.54) is 0 Å². The van der Waals surface area contributed by atoms with Crippen LogP contribution in [0, 0.1) is 5.92 Å². The molecule has 0 aliphatic carbocycles. The standard InChI is InChI=1S/C15H25N3O.HI/c1-4-16-15(17-10-9-12(2)3)18-11-13-5-7-14(19)8-6-13;/h5-8,12,19H,4,9-11H2,1-3H3,(H2,16,17,18);1H. The van der Waals surface area contributed by atoms with Crippen LogP contribution in [0.5, 0.6) is 5.75 Å². The third kappa shape index (κ3) is 8.24. The highest BCUT2D eigenvalue weighted by Gasteiger charge is 1.99. The van der Waals surface area contributed by atoms with Gasteiger partial charge >= 0.3 is 0 Å². The van der Waals surface area contributed by atoms with Crippen molar-refractivity contribution in [2.45, 2.75) is 33.7 Å². The van der Waals surface area contributed by atoms with Crippen LogP contribution in [-0.2, 0) is 6.54 Å². The van der Waals surface area contributed by atoms with Gasteiger partial charge in [-0.15, -0.1) is 24.0 Å². The fourth-order valence-electron chi connectivity index (χ4n) is 1.59. The Morgan fingerprint density at radius 1 is 1.20 bits per heavy atom. The van der Waals surface area contributed by atoms with E-state index in [0.717, 1.165) is 31.0 Å². The Morgan fingerprint density at radius 2 is 1.85 bits per heavy atom. The van der Waals surface area contributed by atoms with Gasteiger partial charge in [-0.2, -0.15) is 0 Å². The van der Waals surface area contributed by atoms with Gasteiger partial charge in [0.2, 0.25) is 0 Å². The summed E-state index contributed by atoms with van der Waals surface area (Å²) in [7, 11) is 0. The number of hydrogen-bond acceptors (Lipinski definition) is 2. The van der Waals surface area contributed by atoms with Gasteiger partial charge in [0, 0.05) is 13.1 Å². The average molecular weight is 391 g/mol. The highest BCUT2D eigenvalue weighted by Crippen LogP contribution is 2.10. The Morgan fingerprint density at radius 3 is 2.40 bits per heavy atom. The van der Waals surface area contributed by atoms with Crippen molar-refractivity contribution in [1.29, 1.82) is 0 Å². The van der Waals surface area contributed by atoms with Gasteiger partial charge in [0.15, 0.2) is 5.96 Å². The van der Waals surface area contributed by atoms with Gasteiger partial charge < -0.3 is 15.7 Å². The molecule has 114 valence electrons. The predicted molar refractivity (Wildman–Crippen MR) is 95.8 cm³/mol. The fourth-order valence-corrected chi connectivity index (χ4v) is 1.59. The van der Waals surface area contributed by atoms with Crippen LogP contribution in [0.1, 0.15) is 32.8 Å². The quantitative estimate of drug-likeness (QED) is 0.397. The second-order valence-electron chi connectivity index (χ2n) is 4.97. The van der Waals surface area contributed by atoms with E-state index >= 15 is 0 Å². The van der Waals surface area contributed by atoms with Crippen LogP contribution >= 0.6 is 24.0 Å². The van der Waals surface area contributed by atoms with Crippen LogP contribution in [0.3, 0.4) is 0 Å². The van der Waals surface area contributed by atoms with Crippen LogP contribution in [0.2, 0.25) is 0 Å². The van der Waals surface area contributed by atoms with Crippen molar-refractivity contribution in [3.8, 4) is 5.75 Å². The zero-order chi connectivity index (χ0) is 14.1. The van der Waals surface area contributed by atoms with E-state index < -0.39 is 0 Å². The number of aromatic hydroxyl groups is 1. The van der Waals surface area contributed by atoms with E-state index in [1.54, 1.807) is 12.1 Å². The van der Waals surface area contributed by atoms with E-state index in [-0.39, 0.29) is 29.7 Å². The molecule has 0 saturated heterocycles. The highest BCUT2D eigenvalue weighted by molar-refractivity contribution is 14.0. The third-order valence-electron chi connectivity index (χ3n) is 2.71. The minimum Gasteiger partial charge on any atom is -0.508 e. The molecule has 0 amide bonds. The van der Waals surface area contributed by atoms with Crippen molar-refractivity contribution in [2.24, 2.45) is 10.9 Å². The molecule has 0 radical (unpaired) electrons. The number of nitrogens with one attached hydrogen (secondary N) is 2. The lowest BCUT2D eigenvalue weighted by Crippen LogP contribution is -2.38. The second kappa shape index (κ2) is 10.8. The lowest BCUT2D eigenvalue weighted by atomic mass is 10.1. The monoisotopic (exact) mass is 391 g/mol. The lowest BCUT2D eigenvalue weighted by molar-refractivity contribution is 0.475. The Hall–Kier alpha value is -0.980. The van der Waals surface area contributed by atoms with Gasteiger partial charge in [-0.1, -0.05) is 26.0 Å². The number of rotatable bonds is 6. The smallest absolute Gasteiger partial charge is 0.191 e. The first-order chi connectivity index (χ1) is 9.11. The van der Waals surface area contributed by atoms with Gasteiger partial charge in [-0.3, -0.25) is 0 Å². The normalized spacial score (nSPS) is 11.1. The summed E-state index contributed by atoms with van der Waals surface area (Å²) in [5.41, 5.74) is 1.08. The molecular weight excluding hydrogens is 365 g/mol. The molecule has 0 atom stereocenters. The van der Waals surface area contributed by atoms with E-state index in [9.17, 15) is 5.11 Å². The third-order valence-corrected chi connectivity index (χ3v) is 2.71. The van der Waals surface area contributed by atoms with Crippen molar-refractivity contribution in [3.63, 3.8) is 0 Å². The summed E-state index contributed by atoms with van der Waals surface area (Å²) < 4.78 is 0. The van der Waals surface area contributed by atoms with Gasteiger partial charge in [0.1, 0.15) is 5.75 Å².